The summed E-state index contributed by atoms with van der Waals surface area (Å²) >= 11 is 0. The highest BCUT2D eigenvalue weighted by molar-refractivity contribution is 7.61. The van der Waals surface area contributed by atoms with Gasteiger partial charge in [-0.15, -0.1) is 0 Å². The summed E-state index contributed by atoms with van der Waals surface area (Å²) in [5, 5.41) is 1.50. The average molecular weight is 238 g/mol. The minimum atomic E-state index is -0.361. The maximum absolute atomic E-state index is 2.32. The molecule has 0 fully saturated rings. The zero-order chi connectivity index (χ0) is 12.5. The van der Waals surface area contributed by atoms with Gasteiger partial charge >= 0.3 is 0 Å². The Hall–Kier alpha value is -0.430. The maximum Gasteiger partial charge on any atom is 0.0719 e. The first-order valence-electron chi connectivity index (χ1n) is 5.57. The van der Waals surface area contributed by atoms with Gasteiger partial charge in [-0.25, -0.2) is 0 Å². The van der Waals surface area contributed by atoms with Gasteiger partial charge < -0.3 is 0 Å². The minimum absolute atomic E-state index is 0.361. The quantitative estimate of drug-likeness (QED) is 0.747. The number of benzene rings is 1. The molecule has 0 heterocycles. The molecule has 0 saturated carbocycles. The van der Waals surface area contributed by atoms with E-state index >= 15 is 0 Å². The van der Waals surface area contributed by atoms with Gasteiger partial charge in [-0.3, -0.25) is 9.34 Å². The summed E-state index contributed by atoms with van der Waals surface area (Å²) in [6, 6.07) is 4.56. The Kier molecular flexibility index (Phi) is 4.49. The zero-order valence-electron chi connectivity index (χ0n) is 11.5. The summed E-state index contributed by atoms with van der Waals surface area (Å²) in [6.45, 7) is 6.60. The van der Waals surface area contributed by atoms with Crippen LogP contribution in [0.4, 0.5) is 0 Å². The molecule has 0 spiro atoms. The summed E-state index contributed by atoms with van der Waals surface area (Å²) in [5.41, 5.74) is 4.17. The molecule has 0 aliphatic heterocycles. The van der Waals surface area contributed by atoms with Crippen molar-refractivity contribution in [3.05, 3.63) is 28.8 Å². The first kappa shape index (κ1) is 13.6. The van der Waals surface area contributed by atoms with Crippen molar-refractivity contribution >= 4 is 13.5 Å². The second-order valence-electron chi connectivity index (χ2n) is 4.73. The van der Waals surface area contributed by atoms with Gasteiger partial charge in [-0.05, 0) is 60.1 Å². The van der Waals surface area contributed by atoms with Gasteiger partial charge in [0.15, 0.2) is 0 Å². The molecule has 0 amide bonds. The van der Waals surface area contributed by atoms with Crippen molar-refractivity contribution < 1.29 is 0 Å². The molecule has 0 aliphatic rings. The molecule has 90 valence electrons. The molecule has 0 aromatic heterocycles. The van der Waals surface area contributed by atoms with Crippen LogP contribution in [0.2, 0.25) is 0 Å². The average Bonchev–Trinajstić information content (AvgIpc) is 2.09. The molecule has 1 aromatic rings. The lowest BCUT2D eigenvalue weighted by molar-refractivity contribution is 0.584. The summed E-state index contributed by atoms with van der Waals surface area (Å²) in [4.78, 5) is 0. The number of rotatable bonds is 3. The number of hydrogen-bond acceptors (Lipinski definition) is 2. The summed E-state index contributed by atoms with van der Waals surface area (Å²) in [7, 11) is 8.27. The Morgan fingerprint density at radius 3 is 1.50 bits per heavy atom. The predicted octanol–water partition coefficient (Wildman–Crippen LogP) is 2.67. The molecule has 0 atom stereocenters. The second kappa shape index (κ2) is 5.27. The molecule has 0 unspecified atom stereocenters. The molecular weight excluding hydrogens is 215 g/mol. The normalized spacial score (nSPS) is 11.9. The number of hydrogen-bond donors (Lipinski definition) is 0. The fraction of sp³-hybridized carbons (Fsp3) is 0.538. The third kappa shape index (κ3) is 2.82. The topological polar surface area (TPSA) is 6.48 Å². The lowest BCUT2D eigenvalue weighted by atomic mass is 10.1. The summed E-state index contributed by atoms with van der Waals surface area (Å²) in [6.07, 6.45) is 0. The van der Waals surface area contributed by atoms with E-state index < -0.39 is 0 Å². The van der Waals surface area contributed by atoms with Gasteiger partial charge in [-0.2, -0.15) is 0 Å². The van der Waals surface area contributed by atoms with Crippen LogP contribution in [-0.4, -0.2) is 37.5 Å². The van der Waals surface area contributed by atoms with E-state index in [1.165, 1.54) is 22.0 Å². The van der Waals surface area contributed by atoms with E-state index in [0.29, 0.717) is 0 Å². The highest BCUT2D eigenvalue weighted by Gasteiger charge is 2.20. The van der Waals surface area contributed by atoms with Gasteiger partial charge in [0.05, 0.1) is 8.22 Å². The van der Waals surface area contributed by atoms with Crippen LogP contribution < -0.4 is 5.30 Å². The van der Waals surface area contributed by atoms with E-state index in [9.17, 15) is 0 Å². The molecule has 0 radical (unpaired) electrons. The van der Waals surface area contributed by atoms with Crippen LogP contribution in [-0.2, 0) is 0 Å². The Labute approximate surface area is 101 Å². The largest absolute Gasteiger partial charge is 0.272 e. The molecule has 1 aromatic carbocycles. The Morgan fingerprint density at radius 1 is 0.812 bits per heavy atom. The van der Waals surface area contributed by atoms with E-state index in [-0.39, 0.29) is 8.22 Å². The predicted molar refractivity (Wildman–Crippen MR) is 74.6 cm³/mol. The van der Waals surface area contributed by atoms with Crippen LogP contribution >= 0.6 is 8.22 Å². The van der Waals surface area contributed by atoms with Gasteiger partial charge in [0.1, 0.15) is 0 Å². The van der Waals surface area contributed by atoms with Crippen LogP contribution in [0.25, 0.3) is 0 Å². The van der Waals surface area contributed by atoms with Crippen LogP contribution in [0, 0.1) is 20.8 Å². The fourth-order valence-electron chi connectivity index (χ4n) is 2.25. The lowest BCUT2D eigenvalue weighted by Crippen LogP contribution is -2.27. The van der Waals surface area contributed by atoms with Crippen molar-refractivity contribution in [1.29, 1.82) is 0 Å². The van der Waals surface area contributed by atoms with Crippen molar-refractivity contribution in [2.75, 3.05) is 28.2 Å². The number of aryl methyl sites for hydroxylation is 3. The first-order valence-corrected chi connectivity index (χ1v) is 6.81. The van der Waals surface area contributed by atoms with Gasteiger partial charge in [-0.1, -0.05) is 17.7 Å². The lowest BCUT2D eigenvalue weighted by Gasteiger charge is -2.32. The molecule has 0 saturated heterocycles. The maximum atomic E-state index is 2.32. The standard InChI is InChI=1S/C13H23N2P/c1-10-8-11(2)13(12(3)9-10)16(14(4)5)15(6)7/h8-9H,1-7H3. The van der Waals surface area contributed by atoms with Gasteiger partial charge in [0, 0.05) is 5.30 Å². The second-order valence-corrected chi connectivity index (χ2v) is 7.36. The first-order chi connectivity index (χ1) is 7.34. The molecule has 0 aliphatic carbocycles. The SMILES string of the molecule is Cc1cc(C)c(P(N(C)C)N(C)C)c(C)c1. The highest BCUT2D eigenvalue weighted by Crippen LogP contribution is 2.40. The highest BCUT2D eigenvalue weighted by atomic mass is 31.1. The molecule has 0 N–H and O–H groups in total. The van der Waals surface area contributed by atoms with Crippen LogP contribution in [0.3, 0.4) is 0 Å². The molecule has 0 bridgehead atoms. The van der Waals surface area contributed by atoms with Crippen LogP contribution in [0.1, 0.15) is 16.7 Å². The van der Waals surface area contributed by atoms with E-state index in [1.807, 2.05) is 0 Å². The third-order valence-corrected chi connectivity index (χ3v) is 5.21. The van der Waals surface area contributed by atoms with Crippen molar-refractivity contribution in [1.82, 2.24) is 9.34 Å². The van der Waals surface area contributed by atoms with E-state index in [1.54, 1.807) is 0 Å². The van der Waals surface area contributed by atoms with Gasteiger partial charge in [0.2, 0.25) is 0 Å². The molecule has 1 rings (SSSR count). The molecule has 16 heavy (non-hydrogen) atoms. The van der Waals surface area contributed by atoms with E-state index in [2.05, 4.69) is 70.4 Å². The fourth-order valence-corrected chi connectivity index (χ4v) is 4.52. The Morgan fingerprint density at radius 2 is 1.19 bits per heavy atom. The summed E-state index contributed by atoms with van der Waals surface area (Å²) in [5.74, 6) is 0. The Balaban J connectivity index is 3.29. The summed E-state index contributed by atoms with van der Waals surface area (Å²) < 4.78 is 4.64. The molecule has 3 heteroatoms. The van der Waals surface area contributed by atoms with Crippen LogP contribution in [0.15, 0.2) is 12.1 Å². The van der Waals surface area contributed by atoms with Gasteiger partial charge in [0.25, 0.3) is 0 Å². The number of nitrogens with zero attached hydrogens (tertiary/aromatic N) is 2. The van der Waals surface area contributed by atoms with Crippen molar-refractivity contribution in [3.63, 3.8) is 0 Å². The monoisotopic (exact) mass is 238 g/mol. The smallest absolute Gasteiger partial charge is 0.0719 e. The van der Waals surface area contributed by atoms with Crippen molar-refractivity contribution in [2.45, 2.75) is 20.8 Å². The van der Waals surface area contributed by atoms with Crippen molar-refractivity contribution in [3.8, 4) is 0 Å². The van der Waals surface area contributed by atoms with E-state index in [4.69, 9.17) is 0 Å². The zero-order valence-corrected chi connectivity index (χ0v) is 12.4. The van der Waals surface area contributed by atoms with Crippen molar-refractivity contribution in [2.24, 2.45) is 0 Å². The Bertz CT molecular complexity index is 341. The molecular formula is C13H23N2P. The molecule has 2 nitrogen and oxygen atoms in total. The minimum Gasteiger partial charge on any atom is -0.272 e. The van der Waals surface area contributed by atoms with E-state index in [0.717, 1.165) is 0 Å². The third-order valence-electron chi connectivity index (χ3n) is 2.59. The van der Waals surface area contributed by atoms with Crippen LogP contribution in [0.5, 0.6) is 0 Å².